The van der Waals surface area contributed by atoms with Gasteiger partial charge in [-0.1, -0.05) is 23.7 Å². The summed E-state index contributed by atoms with van der Waals surface area (Å²) in [7, 11) is 1.61. The van der Waals surface area contributed by atoms with Crippen LogP contribution in [0.4, 0.5) is 5.69 Å². The third kappa shape index (κ3) is 3.26. The van der Waals surface area contributed by atoms with Gasteiger partial charge in [-0.15, -0.1) is 0 Å². The van der Waals surface area contributed by atoms with Crippen molar-refractivity contribution >= 4 is 23.1 Å². The first kappa shape index (κ1) is 13.4. The number of Topliss-reactive ketones (excluding diaryl/α,β-unsaturated/α-hetero) is 1. The first-order valence-electron chi connectivity index (χ1n) is 5.81. The van der Waals surface area contributed by atoms with Crippen LogP contribution >= 0.6 is 11.6 Å². The number of ketones is 1. The number of rotatable bonds is 4. The minimum atomic E-state index is 0.00654. The van der Waals surface area contributed by atoms with Gasteiger partial charge in [-0.05, 0) is 35.9 Å². The molecule has 19 heavy (non-hydrogen) atoms. The fraction of sp³-hybridized carbons (Fsp3) is 0.133. The number of nitrogen functional groups attached to an aromatic ring is 1. The van der Waals surface area contributed by atoms with Crippen LogP contribution in [-0.4, -0.2) is 12.9 Å². The molecule has 3 nitrogen and oxygen atoms in total. The number of benzene rings is 2. The summed E-state index contributed by atoms with van der Waals surface area (Å²) >= 11 is 5.91. The Morgan fingerprint density at radius 3 is 2.47 bits per heavy atom. The van der Waals surface area contributed by atoms with E-state index in [9.17, 15) is 4.79 Å². The summed E-state index contributed by atoms with van der Waals surface area (Å²) in [5.41, 5.74) is 7.59. The maximum atomic E-state index is 12.1. The molecule has 0 aromatic heterocycles. The number of carbonyl (C=O) groups excluding carboxylic acids is 1. The zero-order valence-electron chi connectivity index (χ0n) is 10.5. The van der Waals surface area contributed by atoms with E-state index >= 15 is 0 Å². The van der Waals surface area contributed by atoms with Gasteiger partial charge in [0.05, 0.1) is 17.8 Å². The zero-order chi connectivity index (χ0) is 13.8. The van der Waals surface area contributed by atoms with E-state index in [-0.39, 0.29) is 5.78 Å². The Labute approximate surface area is 117 Å². The summed E-state index contributed by atoms with van der Waals surface area (Å²) in [5.74, 6) is 0.777. The van der Waals surface area contributed by atoms with Crippen molar-refractivity contribution in [2.45, 2.75) is 6.42 Å². The third-order valence-corrected chi connectivity index (χ3v) is 3.17. The highest BCUT2D eigenvalue weighted by Gasteiger charge is 2.09. The number of carbonyl (C=O) groups is 1. The number of hydrogen-bond donors (Lipinski definition) is 1. The van der Waals surface area contributed by atoms with Crippen molar-refractivity contribution in [1.82, 2.24) is 0 Å². The third-order valence-electron chi connectivity index (χ3n) is 2.85. The molecule has 0 saturated carbocycles. The van der Waals surface area contributed by atoms with Crippen molar-refractivity contribution in [1.29, 1.82) is 0 Å². The Hall–Kier alpha value is -2.00. The van der Waals surface area contributed by atoms with Gasteiger partial charge in [0.2, 0.25) is 0 Å². The van der Waals surface area contributed by atoms with E-state index in [1.165, 1.54) is 0 Å². The molecule has 2 rings (SSSR count). The lowest BCUT2D eigenvalue weighted by Crippen LogP contribution is -2.04. The molecule has 0 atom stereocenters. The molecule has 0 spiro atoms. The standard InChI is InChI=1S/C15H14ClNO2/c1-19-12-5-2-10(3-6-12)8-15(18)11-4-7-14(17)13(16)9-11/h2-7,9H,8,17H2,1H3. The highest BCUT2D eigenvalue weighted by molar-refractivity contribution is 6.33. The van der Waals surface area contributed by atoms with Crippen molar-refractivity contribution < 1.29 is 9.53 Å². The molecule has 2 N–H and O–H groups in total. The van der Waals surface area contributed by atoms with Gasteiger partial charge in [-0.3, -0.25) is 4.79 Å². The lowest BCUT2D eigenvalue weighted by Gasteiger charge is -2.05. The van der Waals surface area contributed by atoms with E-state index in [0.29, 0.717) is 22.7 Å². The van der Waals surface area contributed by atoms with E-state index in [2.05, 4.69) is 0 Å². The number of halogens is 1. The van der Waals surface area contributed by atoms with Gasteiger partial charge in [0.15, 0.2) is 5.78 Å². The minimum absolute atomic E-state index is 0.00654. The zero-order valence-corrected chi connectivity index (χ0v) is 11.3. The lowest BCUT2D eigenvalue weighted by atomic mass is 10.0. The average Bonchev–Trinajstić information content (AvgIpc) is 2.42. The van der Waals surface area contributed by atoms with Crippen LogP contribution in [0.1, 0.15) is 15.9 Å². The van der Waals surface area contributed by atoms with Gasteiger partial charge in [0.1, 0.15) is 5.75 Å². The summed E-state index contributed by atoms with van der Waals surface area (Å²) in [4.78, 5) is 12.1. The molecule has 0 radical (unpaired) electrons. The van der Waals surface area contributed by atoms with Crippen LogP contribution in [0.25, 0.3) is 0 Å². The molecule has 0 aliphatic carbocycles. The number of nitrogens with two attached hydrogens (primary N) is 1. The lowest BCUT2D eigenvalue weighted by molar-refractivity contribution is 0.0993. The van der Waals surface area contributed by atoms with Crippen LogP contribution in [0, 0.1) is 0 Å². The largest absolute Gasteiger partial charge is 0.497 e. The maximum Gasteiger partial charge on any atom is 0.167 e. The molecule has 0 fully saturated rings. The molecule has 0 heterocycles. The summed E-state index contributed by atoms with van der Waals surface area (Å²) in [6.07, 6.45) is 0.324. The van der Waals surface area contributed by atoms with E-state index in [0.717, 1.165) is 11.3 Å². The van der Waals surface area contributed by atoms with Gasteiger partial charge in [0.25, 0.3) is 0 Å². The van der Waals surface area contributed by atoms with Crippen LogP contribution in [0.2, 0.25) is 5.02 Å². The number of methoxy groups -OCH3 is 1. The number of hydrogen-bond acceptors (Lipinski definition) is 3. The maximum absolute atomic E-state index is 12.1. The molecule has 0 saturated heterocycles. The summed E-state index contributed by atoms with van der Waals surface area (Å²) in [6, 6.07) is 12.3. The second-order valence-electron chi connectivity index (χ2n) is 4.18. The second-order valence-corrected chi connectivity index (χ2v) is 4.59. The Kier molecular flexibility index (Phi) is 4.07. The molecular formula is C15H14ClNO2. The molecule has 4 heteroatoms. The fourth-order valence-corrected chi connectivity index (χ4v) is 1.91. The molecule has 0 aliphatic rings. The first-order valence-corrected chi connectivity index (χ1v) is 6.19. The van der Waals surface area contributed by atoms with Crippen molar-refractivity contribution in [3.05, 3.63) is 58.6 Å². The highest BCUT2D eigenvalue weighted by Crippen LogP contribution is 2.21. The van der Waals surface area contributed by atoms with E-state index in [4.69, 9.17) is 22.1 Å². The van der Waals surface area contributed by atoms with Gasteiger partial charge in [-0.2, -0.15) is 0 Å². The predicted molar refractivity (Wildman–Crippen MR) is 76.9 cm³/mol. The van der Waals surface area contributed by atoms with Crippen LogP contribution in [0.3, 0.4) is 0 Å². The van der Waals surface area contributed by atoms with E-state index < -0.39 is 0 Å². The van der Waals surface area contributed by atoms with E-state index in [1.807, 2.05) is 24.3 Å². The fourth-order valence-electron chi connectivity index (χ4n) is 1.73. The van der Waals surface area contributed by atoms with Gasteiger partial charge < -0.3 is 10.5 Å². The summed E-state index contributed by atoms with van der Waals surface area (Å²) in [6.45, 7) is 0. The van der Waals surface area contributed by atoms with Crippen molar-refractivity contribution in [2.24, 2.45) is 0 Å². The minimum Gasteiger partial charge on any atom is -0.497 e. The van der Waals surface area contributed by atoms with Crippen LogP contribution in [0.5, 0.6) is 5.75 Å². The SMILES string of the molecule is COc1ccc(CC(=O)c2ccc(N)c(Cl)c2)cc1. The summed E-state index contributed by atoms with van der Waals surface area (Å²) in [5, 5.41) is 0.403. The van der Waals surface area contributed by atoms with E-state index in [1.54, 1.807) is 25.3 Å². The molecule has 0 amide bonds. The predicted octanol–water partition coefficient (Wildman–Crippen LogP) is 3.36. The molecule has 0 aliphatic heterocycles. The Bertz CT molecular complexity index is 594. The second kappa shape index (κ2) is 5.76. The highest BCUT2D eigenvalue weighted by atomic mass is 35.5. The van der Waals surface area contributed by atoms with Gasteiger partial charge in [-0.25, -0.2) is 0 Å². The van der Waals surface area contributed by atoms with Crippen molar-refractivity contribution in [2.75, 3.05) is 12.8 Å². The topological polar surface area (TPSA) is 52.3 Å². The average molecular weight is 276 g/mol. The van der Waals surface area contributed by atoms with Gasteiger partial charge in [0, 0.05) is 12.0 Å². The molecule has 2 aromatic carbocycles. The van der Waals surface area contributed by atoms with Crippen LogP contribution in [-0.2, 0) is 6.42 Å². The smallest absolute Gasteiger partial charge is 0.167 e. The molecule has 98 valence electrons. The first-order chi connectivity index (χ1) is 9.10. The van der Waals surface area contributed by atoms with Crippen LogP contribution in [0.15, 0.2) is 42.5 Å². The Balaban J connectivity index is 2.13. The molecule has 0 bridgehead atoms. The molecular weight excluding hydrogens is 262 g/mol. The normalized spacial score (nSPS) is 10.2. The Morgan fingerprint density at radius 2 is 1.89 bits per heavy atom. The van der Waals surface area contributed by atoms with Crippen LogP contribution < -0.4 is 10.5 Å². The Morgan fingerprint density at radius 1 is 1.21 bits per heavy atom. The number of ether oxygens (including phenoxy) is 1. The van der Waals surface area contributed by atoms with Crippen molar-refractivity contribution in [3.8, 4) is 5.75 Å². The van der Waals surface area contributed by atoms with Crippen molar-refractivity contribution in [3.63, 3.8) is 0 Å². The monoisotopic (exact) mass is 275 g/mol. The quantitative estimate of drug-likeness (QED) is 0.688. The van der Waals surface area contributed by atoms with Gasteiger partial charge >= 0.3 is 0 Å². The number of anilines is 1. The summed E-state index contributed by atoms with van der Waals surface area (Å²) < 4.78 is 5.07. The molecule has 0 unspecified atom stereocenters. The molecule has 2 aromatic rings.